The Balaban J connectivity index is 2.03. The van der Waals surface area contributed by atoms with Gasteiger partial charge in [0.2, 0.25) is 5.91 Å². The van der Waals surface area contributed by atoms with E-state index in [-0.39, 0.29) is 12.0 Å². The van der Waals surface area contributed by atoms with Crippen LogP contribution < -0.4 is 10.1 Å². The lowest BCUT2D eigenvalue weighted by atomic mass is 9.81. The molecule has 0 spiro atoms. The standard InChI is InChI=1S/C16H20N2O3/c1-12(2)21-14-5-3-13(4-6-14)18-15(19)16(11-17)7-9-20-10-8-16/h3-6,12H,7-10H2,1-2H3,(H,18,19). The number of carbonyl (C=O) groups is 1. The van der Waals surface area contributed by atoms with Crippen molar-refractivity contribution >= 4 is 11.6 Å². The van der Waals surface area contributed by atoms with Crippen molar-refractivity contribution in [1.82, 2.24) is 0 Å². The van der Waals surface area contributed by atoms with Gasteiger partial charge < -0.3 is 14.8 Å². The van der Waals surface area contributed by atoms with Crippen molar-refractivity contribution in [3.05, 3.63) is 24.3 Å². The van der Waals surface area contributed by atoms with Gasteiger partial charge in [-0.2, -0.15) is 5.26 Å². The third kappa shape index (κ3) is 3.73. The summed E-state index contributed by atoms with van der Waals surface area (Å²) < 4.78 is 10.8. The molecular weight excluding hydrogens is 268 g/mol. The van der Waals surface area contributed by atoms with E-state index in [2.05, 4.69) is 11.4 Å². The number of rotatable bonds is 4. The Kier molecular flexibility index (Phi) is 4.81. The predicted molar refractivity (Wildman–Crippen MR) is 78.9 cm³/mol. The molecule has 1 aromatic rings. The number of amides is 1. The fraction of sp³-hybridized carbons (Fsp3) is 0.500. The molecule has 1 fully saturated rings. The van der Waals surface area contributed by atoms with Crippen LogP contribution in [0.5, 0.6) is 5.75 Å². The molecule has 5 heteroatoms. The summed E-state index contributed by atoms with van der Waals surface area (Å²) in [5.74, 6) is 0.495. The molecule has 0 radical (unpaired) electrons. The highest BCUT2D eigenvalue weighted by Gasteiger charge is 2.40. The van der Waals surface area contributed by atoms with Crippen LogP contribution in [-0.2, 0) is 9.53 Å². The zero-order chi connectivity index (χ0) is 15.3. The van der Waals surface area contributed by atoms with Crippen molar-refractivity contribution in [3.8, 4) is 11.8 Å². The number of nitriles is 1. The summed E-state index contributed by atoms with van der Waals surface area (Å²) in [4.78, 5) is 12.4. The molecule has 1 aliphatic heterocycles. The molecule has 0 aliphatic carbocycles. The van der Waals surface area contributed by atoms with Gasteiger partial charge in [0.25, 0.3) is 0 Å². The molecule has 0 atom stereocenters. The Morgan fingerprint density at radius 3 is 2.48 bits per heavy atom. The Labute approximate surface area is 124 Å². The molecule has 2 rings (SSSR count). The molecule has 0 bridgehead atoms. The summed E-state index contributed by atoms with van der Waals surface area (Å²) in [6.45, 7) is 4.80. The van der Waals surface area contributed by atoms with Gasteiger partial charge in [-0.05, 0) is 51.0 Å². The summed E-state index contributed by atoms with van der Waals surface area (Å²) in [6, 6.07) is 9.32. The Bertz CT molecular complexity index is 525. The average molecular weight is 288 g/mol. The Morgan fingerprint density at radius 2 is 1.95 bits per heavy atom. The van der Waals surface area contributed by atoms with Crippen molar-refractivity contribution in [3.63, 3.8) is 0 Å². The molecule has 0 aromatic heterocycles. The largest absolute Gasteiger partial charge is 0.491 e. The first-order valence-corrected chi connectivity index (χ1v) is 7.13. The van der Waals surface area contributed by atoms with E-state index in [0.29, 0.717) is 31.7 Å². The van der Waals surface area contributed by atoms with Crippen LogP contribution in [0.3, 0.4) is 0 Å². The van der Waals surface area contributed by atoms with E-state index in [1.54, 1.807) is 24.3 Å². The molecule has 1 heterocycles. The zero-order valence-corrected chi connectivity index (χ0v) is 12.4. The fourth-order valence-electron chi connectivity index (χ4n) is 2.25. The summed E-state index contributed by atoms with van der Waals surface area (Å²) in [7, 11) is 0. The maximum absolute atomic E-state index is 12.4. The van der Waals surface area contributed by atoms with Gasteiger partial charge in [-0.25, -0.2) is 0 Å². The van der Waals surface area contributed by atoms with Crippen molar-refractivity contribution < 1.29 is 14.3 Å². The maximum atomic E-state index is 12.4. The fourth-order valence-corrected chi connectivity index (χ4v) is 2.25. The summed E-state index contributed by atoms with van der Waals surface area (Å²) in [6.07, 6.45) is 0.975. The van der Waals surface area contributed by atoms with Crippen molar-refractivity contribution in [1.29, 1.82) is 5.26 Å². The van der Waals surface area contributed by atoms with Crippen LogP contribution >= 0.6 is 0 Å². The van der Waals surface area contributed by atoms with Crippen LogP contribution in [0.15, 0.2) is 24.3 Å². The third-order valence-electron chi connectivity index (χ3n) is 3.48. The number of anilines is 1. The van der Waals surface area contributed by atoms with E-state index in [0.717, 1.165) is 5.75 Å². The third-order valence-corrected chi connectivity index (χ3v) is 3.48. The number of ether oxygens (including phenoxy) is 2. The number of carbonyl (C=O) groups excluding carboxylic acids is 1. The number of benzene rings is 1. The molecule has 112 valence electrons. The molecular formula is C16H20N2O3. The zero-order valence-electron chi connectivity index (χ0n) is 12.4. The van der Waals surface area contributed by atoms with E-state index < -0.39 is 5.41 Å². The van der Waals surface area contributed by atoms with Crippen LogP contribution in [0.25, 0.3) is 0 Å². The van der Waals surface area contributed by atoms with Crippen LogP contribution in [-0.4, -0.2) is 25.2 Å². The van der Waals surface area contributed by atoms with E-state index in [1.165, 1.54) is 0 Å². The SMILES string of the molecule is CC(C)Oc1ccc(NC(=O)C2(C#N)CCOCC2)cc1. The molecule has 1 aliphatic rings. The van der Waals surface area contributed by atoms with E-state index in [9.17, 15) is 10.1 Å². The molecule has 5 nitrogen and oxygen atoms in total. The normalized spacial score (nSPS) is 17.0. The van der Waals surface area contributed by atoms with Gasteiger partial charge >= 0.3 is 0 Å². The molecule has 0 saturated carbocycles. The first-order valence-electron chi connectivity index (χ1n) is 7.13. The van der Waals surface area contributed by atoms with E-state index in [4.69, 9.17) is 9.47 Å². The maximum Gasteiger partial charge on any atom is 0.245 e. The average Bonchev–Trinajstić information content (AvgIpc) is 2.49. The molecule has 1 aromatic carbocycles. The van der Waals surface area contributed by atoms with Crippen molar-refractivity contribution in [2.45, 2.75) is 32.8 Å². The van der Waals surface area contributed by atoms with Gasteiger partial charge in [0, 0.05) is 18.9 Å². The minimum atomic E-state index is -0.981. The minimum absolute atomic E-state index is 0.106. The molecule has 1 saturated heterocycles. The van der Waals surface area contributed by atoms with Gasteiger partial charge in [0.05, 0.1) is 12.2 Å². The van der Waals surface area contributed by atoms with Crippen LogP contribution in [0.2, 0.25) is 0 Å². The predicted octanol–water partition coefficient (Wildman–Crippen LogP) is 2.73. The summed E-state index contributed by atoms with van der Waals surface area (Å²) in [5, 5.41) is 12.2. The van der Waals surface area contributed by atoms with Gasteiger partial charge in [0.15, 0.2) is 0 Å². The van der Waals surface area contributed by atoms with E-state index in [1.807, 2.05) is 13.8 Å². The van der Waals surface area contributed by atoms with Gasteiger partial charge in [0.1, 0.15) is 11.2 Å². The second-order valence-corrected chi connectivity index (χ2v) is 5.45. The van der Waals surface area contributed by atoms with Crippen LogP contribution in [0.4, 0.5) is 5.69 Å². The van der Waals surface area contributed by atoms with Crippen molar-refractivity contribution in [2.75, 3.05) is 18.5 Å². The summed E-state index contributed by atoms with van der Waals surface area (Å²) in [5.41, 5.74) is -0.317. The molecule has 1 amide bonds. The number of nitrogens with one attached hydrogen (secondary N) is 1. The van der Waals surface area contributed by atoms with Gasteiger partial charge in [-0.15, -0.1) is 0 Å². The second kappa shape index (κ2) is 6.59. The number of hydrogen-bond acceptors (Lipinski definition) is 4. The quantitative estimate of drug-likeness (QED) is 0.924. The Hall–Kier alpha value is -2.06. The number of nitrogens with zero attached hydrogens (tertiary/aromatic N) is 1. The van der Waals surface area contributed by atoms with Crippen LogP contribution in [0, 0.1) is 16.7 Å². The minimum Gasteiger partial charge on any atom is -0.491 e. The lowest BCUT2D eigenvalue weighted by Gasteiger charge is -2.29. The molecule has 21 heavy (non-hydrogen) atoms. The van der Waals surface area contributed by atoms with Crippen molar-refractivity contribution in [2.24, 2.45) is 5.41 Å². The number of hydrogen-bond donors (Lipinski definition) is 1. The molecule has 1 N–H and O–H groups in total. The topological polar surface area (TPSA) is 71.3 Å². The second-order valence-electron chi connectivity index (χ2n) is 5.45. The lowest BCUT2D eigenvalue weighted by molar-refractivity contribution is -0.126. The lowest BCUT2D eigenvalue weighted by Crippen LogP contribution is -2.39. The van der Waals surface area contributed by atoms with Crippen LogP contribution in [0.1, 0.15) is 26.7 Å². The highest BCUT2D eigenvalue weighted by Crippen LogP contribution is 2.31. The summed E-state index contributed by atoms with van der Waals surface area (Å²) >= 11 is 0. The smallest absolute Gasteiger partial charge is 0.245 e. The monoisotopic (exact) mass is 288 g/mol. The first kappa shape index (κ1) is 15.3. The Morgan fingerprint density at radius 1 is 1.33 bits per heavy atom. The highest BCUT2D eigenvalue weighted by atomic mass is 16.5. The van der Waals surface area contributed by atoms with Gasteiger partial charge in [-0.1, -0.05) is 0 Å². The van der Waals surface area contributed by atoms with E-state index >= 15 is 0 Å². The van der Waals surface area contributed by atoms with Gasteiger partial charge in [-0.3, -0.25) is 4.79 Å². The highest BCUT2D eigenvalue weighted by molar-refractivity contribution is 5.97. The first-order chi connectivity index (χ1) is 10.1. The molecule has 0 unspecified atom stereocenters.